The van der Waals surface area contributed by atoms with Gasteiger partial charge in [0.2, 0.25) is 0 Å². The highest BCUT2D eigenvalue weighted by atomic mass is 16.4. The lowest BCUT2D eigenvalue weighted by molar-refractivity contribution is 0.0651. The Hall–Kier alpha value is -1.92. The number of aromatic carboxylic acids is 2. The molecule has 0 aliphatic carbocycles. The number of hydrogen-bond donors (Lipinski definition) is 3. The Bertz CT molecular complexity index is 412. The van der Waals surface area contributed by atoms with Crippen LogP contribution in [0.4, 0.5) is 0 Å². The van der Waals surface area contributed by atoms with Crippen molar-refractivity contribution in [3.05, 3.63) is 35.4 Å². The summed E-state index contributed by atoms with van der Waals surface area (Å²) in [5.41, 5.74) is 4.98. The number of carboxylic acid groups (broad SMARTS) is 2. The van der Waals surface area contributed by atoms with Gasteiger partial charge in [0.15, 0.2) is 0 Å². The molecular formula is C15H24N2O4. The molecule has 118 valence electrons. The molecule has 0 aromatic heterocycles. The van der Waals surface area contributed by atoms with Crippen molar-refractivity contribution in [2.75, 3.05) is 26.2 Å². The topological polar surface area (TPSA) is 104 Å². The van der Waals surface area contributed by atoms with E-state index in [0.717, 1.165) is 32.6 Å². The van der Waals surface area contributed by atoms with Crippen molar-refractivity contribution in [2.45, 2.75) is 20.3 Å². The summed E-state index contributed by atoms with van der Waals surface area (Å²) < 4.78 is 0. The molecule has 0 unspecified atom stereocenters. The summed E-state index contributed by atoms with van der Waals surface area (Å²) in [4.78, 5) is 23.3. The van der Waals surface area contributed by atoms with Crippen LogP contribution in [0.2, 0.25) is 0 Å². The van der Waals surface area contributed by atoms with Gasteiger partial charge in [-0.1, -0.05) is 26.0 Å². The predicted octanol–water partition coefficient (Wildman–Crippen LogP) is 1.76. The normalized spacial score (nSPS) is 9.90. The zero-order valence-electron chi connectivity index (χ0n) is 12.6. The highest BCUT2D eigenvalue weighted by molar-refractivity contribution is 6.01. The van der Waals surface area contributed by atoms with E-state index in [1.165, 1.54) is 24.3 Å². The van der Waals surface area contributed by atoms with E-state index in [2.05, 4.69) is 18.7 Å². The van der Waals surface area contributed by atoms with Crippen LogP contribution in [-0.2, 0) is 0 Å². The van der Waals surface area contributed by atoms with Gasteiger partial charge in [-0.3, -0.25) is 0 Å². The molecule has 1 rings (SSSR count). The van der Waals surface area contributed by atoms with Gasteiger partial charge in [-0.05, 0) is 44.7 Å². The molecule has 4 N–H and O–H groups in total. The molecule has 0 spiro atoms. The summed E-state index contributed by atoms with van der Waals surface area (Å²) >= 11 is 0. The fraction of sp³-hybridized carbons (Fsp3) is 0.467. The van der Waals surface area contributed by atoms with Crippen LogP contribution >= 0.6 is 0 Å². The fourth-order valence-corrected chi connectivity index (χ4v) is 1.71. The minimum Gasteiger partial charge on any atom is -0.478 e. The van der Waals surface area contributed by atoms with Crippen LogP contribution in [0.15, 0.2) is 24.3 Å². The first-order valence-electron chi connectivity index (χ1n) is 6.95. The number of carboxylic acids is 2. The second kappa shape index (κ2) is 10.8. The van der Waals surface area contributed by atoms with E-state index >= 15 is 0 Å². The molecular weight excluding hydrogens is 272 g/mol. The van der Waals surface area contributed by atoms with Gasteiger partial charge < -0.3 is 20.8 Å². The van der Waals surface area contributed by atoms with Crippen LogP contribution in [-0.4, -0.2) is 53.2 Å². The van der Waals surface area contributed by atoms with E-state index < -0.39 is 11.9 Å². The van der Waals surface area contributed by atoms with E-state index in [9.17, 15) is 9.59 Å². The third kappa shape index (κ3) is 7.43. The summed E-state index contributed by atoms with van der Waals surface area (Å²) in [5, 5.41) is 17.1. The van der Waals surface area contributed by atoms with E-state index in [0.29, 0.717) is 0 Å². The number of carbonyl (C=O) groups is 2. The molecule has 6 nitrogen and oxygen atoms in total. The number of nitrogens with two attached hydrogens (primary N) is 1. The summed E-state index contributed by atoms with van der Waals surface area (Å²) in [5.74, 6) is -2.46. The predicted molar refractivity (Wildman–Crippen MR) is 81.8 cm³/mol. The van der Waals surface area contributed by atoms with Crippen molar-refractivity contribution >= 4 is 11.9 Å². The Morgan fingerprint density at radius 2 is 1.48 bits per heavy atom. The van der Waals surface area contributed by atoms with Crippen molar-refractivity contribution in [1.29, 1.82) is 0 Å². The van der Waals surface area contributed by atoms with Crippen LogP contribution in [0, 0.1) is 0 Å². The molecule has 1 aromatic rings. The Morgan fingerprint density at radius 1 is 1.05 bits per heavy atom. The molecule has 0 fully saturated rings. The molecule has 21 heavy (non-hydrogen) atoms. The lowest BCUT2D eigenvalue weighted by Gasteiger charge is -2.16. The van der Waals surface area contributed by atoms with Gasteiger partial charge >= 0.3 is 11.9 Å². The Morgan fingerprint density at radius 3 is 1.76 bits per heavy atom. The van der Waals surface area contributed by atoms with E-state index in [-0.39, 0.29) is 11.1 Å². The lowest BCUT2D eigenvalue weighted by Crippen LogP contribution is -2.25. The van der Waals surface area contributed by atoms with Crippen LogP contribution in [0.3, 0.4) is 0 Å². The van der Waals surface area contributed by atoms with Crippen LogP contribution < -0.4 is 5.73 Å². The average molecular weight is 296 g/mol. The first kappa shape index (κ1) is 19.1. The zero-order chi connectivity index (χ0) is 16.3. The quantitative estimate of drug-likeness (QED) is 0.708. The molecule has 6 heteroatoms. The van der Waals surface area contributed by atoms with E-state index in [1.807, 2.05) is 0 Å². The smallest absolute Gasteiger partial charge is 0.336 e. The largest absolute Gasteiger partial charge is 0.478 e. The fourth-order valence-electron chi connectivity index (χ4n) is 1.71. The maximum Gasteiger partial charge on any atom is 0.336 e. The van der Waals surface area contributed by atoms with Gasteiger partial charge in [-0.2, -0.15) is 0 Å². The number of benzene rings is 1. The molecule has 0 bridgehead atoms. The monoisotopic (exact) mass is 296 g/mol. The van der Waals surface area contributed by atoms with Gasteiger partial charge in [0.25, 0.3) is 0 Å². The molecule has 0 saturated carbocycles. The average Bonchev–Trinajstić information content (AvgIpc) is 2.49. The summed E-state index contributed by atoms with van der Waals surface area (Å²) in [6.45, 7) is 8.63. The highest BCUT2D eigenvalue weighted by Gasteiger charge is 2.13. The van der Waals surface area contributed by atoms with Gasteiger partial charge in [0.1, 0.15) is 0 Å². The maximum absolute atomic E-state index is 10.5. The van der Waals surface area contributed by atoms with Gasteiger partial charge in [-0.15, -0.1) is 0 Å². The molecule has 1 aromatic carbocycles. The first-order chi connectivity index (χ1) is 9.97. The third-order valence-electron chi connectivity index (χ3n) is 2.96. The van der Waals surface area contributed by atoms with E-state index in [1.54, 1.807) is 0 Å². The second-order valence-corrected chi connectivity index (χ2v) is 4.33. The van der Waals surface area contributed by atoms with E-state index in [4.69, 9.17) is 15.9 Å². The van der Waals surface area contributed by atoms with Gasteiger partial charge in [0, 0.05) is 0 Å². The number of rotatable bonds is 7. The van der Waals surface area contributed by atoms with Crippen LogP contribution in [0.25, 0.3) is 0 Å². The molecule has 0 saturated heterocycles. The summed E-state index contributed by atoms with van der Waals surface area (Å²) in [7, 11) is 0. The van der Waals surface area contributed by atoms with Crippen molar-refractivity contribution in [3.63, 3.8) is 0 Å². The Balaban J connectivity index is 0.000000400. The van der Waals surface area contributed by atoms with Crippen LogP contribution in [0.5, 0.6) is 0 Å². The summed E-state index contributed by atoms with van der Waals surface area (Å²) in [6.07, 6.45) is 1.13. The highest BCUT2D eigenvalue weighted by Crippen LogP contribution is 2.07. The summed E-state index contributed by atoms with van der Waals surface area (Å²) in [6, 6.07) is 5.48. The van der Waals surface area contributed by atoms with Gasteiger partial charge in [-0.25, -0.2) is 9.59 Å². The number of hydrogen-bond acceptors (Lipinski definition) is 4. The number of nitrogens with zero attached hydrogens (tertiary/aromatic N) is 1. The van der Waals surface area contributed by atoms with Gasteiger partial charge in [0.05, 0.1) is 11.1 Å². The minimum atomic E-state index is -1.23. The molecule has 0 radical (unpaired) electrons. The SMILES string of the molecule is CCN(CC)CCCN.O=C(O)c1ccccc1C(=O)O. The minimum absolute atomic E-state index is 0.190. The zero-order valence-corrected chi connectivity index (χ0v) is 12.6. The van der Waals surface area contributed by atoms with Crippen molar-refractivity contribution in [1.82, 2.24) is 4.90 Å². The first-order valence-corrected chi connectivity index (χ1v) is 6.95. The second-order valence-electron chi connectivity index (χ2n) is 4.33. The Kier molecular flexibility index (Phi) is 9.83. The Labute approximate surface area is 125 Å². The third-order valence-corrected chi connectivity index (χ3v) is 2.96. The molecule has 0 aliphatic rings. The van der Waals surface area contributed by atoms with Crippen LogP contribution in [0.1, 0.15) is 41.0 Å². The van der Waals surface area contributed by atoms with Crippen molar-refractivity contribution in [2.24, 2.45) is 5.73 Å². The standard InChI is InChI=1S/C8H6O4.C7H18N2/c9-7(10)5-3-1-2-4-6(5)8(11)12;1-3-9(4-2)7-5-6-8/h1-4H,(H,9,10)(H,11,12);3-8H2,1-2H3. The molecule has 0 heterocycles. The van der Waals surface area contributed by atoms with Crippen molar-refractivity contribution in [3.8, 4) is 0 Å². The maximum atomic E-state index is 10.5. The van der Waals surface area contributed by atoms with Crippen molar-refractivity contribution < 1.29 is 19.8 Å². The molecule has 0 amide bonds. The lowest BCUT2D eigenvalue weighted by atomic mass is 10.1. The molecule has 0 aliphatic heterocycles. The molecule has 0 atom stereocenters.